The van der Waals surface area contributed by atoms with Gasteiger partial charge in [0.2, 0.25) is 11.8 Å². The number of hydrogen-bond donors (Lipinski definition) is 4. The Morgan fingerprint density at radius 1 is 0.676 bits per heavy atom. The van der Waals surface area contributed by atoms with Gasteiger partial charge in [-0.05, 0) is 61.5 Å². The fourth-order valence-electron chi connectivity index (χ4n) is 2.27. The number of carbonyl (C=O) groups is 2. The molecule has 0 bridgehead atoms. The summed E-state index contributed by atoms with van der Waals surface area (Å²) in [7, 11) is 0. The maximum Gasteiger partial charge on any atom is 0.226 e. The summed E-state index contributed by atoms with van der Waals surface area (Å²) < 4.78 is 0. The smallest absolute Gasteiger partial charge is 0.226 e. The minimum Gasteiger partial charge on any atom is -0.331 e. The van der Waals surface area contributed by atoms with Crippen LogP contribution in [0.15, 0.2) is 48.5 Å². The molecule has 34 heavy (non-hydrogen) atoms. The Labute approximate surface area is 230 Å². The Bertz CT molecular complexity index is 902. The van der Waals surface area contributed by atoms with E-state index in [1.54, 1.807) is 24.3 Å². The monoisotopic (exact) mass is 580 g/mol. The lowest BCUT2D eigenvalue weighted by Crippen LogP contribution is -2.34. The summed E-state index contributed by atoms with van der Waals surface area (Å²) in [6, 6.07) is 14.3. The van der Waals surface area contributed by atoms with Gasteiger partial charge in [-0.15, -0.1) is 23.2 Å². The second-order valence-electron chi connectivity index (χ2n) is 6.55. The van der Waals surface area contributed by atoms with Crippen molar-refractivity contribution in [2.45, 2.75) is 25.7 Å². The molecule has 2 rings (SSSR count). The quantitative estimate of drug-likeness (QED) is 0.215. The molecule has 0 aromatic heterocycles. The Morgan fingerprint density at radius 3 is 1.35 bits per heavy atom. The molecule has 0 spiro atoms. The van der Waals surface area contributed by atoms with Crippen molar-refractivity contribution in [1.82, 2.24) is 10.6 Å². The molecule has 2 aromatic carbocycles. The van der Waals surface area contributed by atoms with Crippen LogP contribution in [0.5, 0.6) is 0 Å². The molecule has 0 saturated heterocycles. The van der Waals surface area contributed by atoms with Gasteiger partial charge in [0.15, 0.2) is 10.2 Å². The Balaban J connectivity index is 0.000000340. The summed E-state index contributed by atoms with van der Waals surface area (Å²) in [5.74, 6) is 0.599. The van der Waals surface area contributed by atoms with Crippen molar-refractivity contribution < 1.29 is 9.59 Å². The number of hydrogen-bond acceptors (Lipinski definition) is 4. The van der Waals surface area contributed by atoms with Crippen molar-refractivity contribution >= 4 is 104 Å². The molecule has 0 aliphatic carbocycles. The Kier molecular flexibility index (Phi) is 15.8. The van der Waals surface area contributed by atoms with Crippen molar-refractivity contribution in [2.75, 3.05) is 22.4 Å². The molecule has 0 saturated carbocycles. The zero-order chi connectivity index (χ0) is 25.3. The van der Waals surface area contributed by atoms with Gasteiger partial charge in [-0.2, -0.15) is 0 Å². The number of para-hydroxylation sites is 2. The topological polar surface area (TPSA) is 82.3 Å². The highest BCUT2D eigenvalue weighted by atomic mass is 35.5. The van der Waals surface area contributed by atoms with Crippen molar-refractivity contribution in [3.63, 3.8) is 0 Å². The van der Waals surface area contributed by atoms with E-state index >= 15 is 0 Å². The van der Waals surface area contributed by atoms with E-state index in [9.17, 15) is 9.59 Å². The first-order valence-electron chi connectivity index (χ1n) is 10.1. The molecule has 6 nitrogen and oxygen atoms in total. The second kappa shape index (κ2) is 17.7. The number of nitrogens with one attached hydrogen (secondary N) is 4. The molecule has 184 valence electrons. The van der Waals surface area contributed by atoms with Crippen molar-refractivity contribution in [1.29, 1.82) is 0 Å². The molecule has 0 unspecified atom stereocenters. The summed E-state index contributed by atoms with van der Waals surface area (Å²) in [5.41, 5.74) is 1.33. The molecule has 0 atom stereocenters. The van der Waals surface area contributed by atoms with Gasteiger partial charge in [0.05, 0.1) is 21.4 Å². The van der Waals surface area contributed by atoms with Gasteiger partial charge in [0, 0.05) is 24.6 Å². The van der Waals surface area contributed by atoms with Crippen LogP contribution in [0.3, 0.4) is 0 Å². The third kappa shape index (κ3) is 13.3. The van der Waals surface area contributed by atoms with Crippen molar-refractivity contribution in [3.8, 4) is 0 Å². The van der Waals surface area contributed by atoms with E-state index in [1.807, 2.05) is 24.3 Å². The van der Waals surface area contributed by atoms with E-state index in [0.29, 0.717) is 58.9 Å². The lowest BCUT2D eigenvalue weighted by atomic mass is 10.3. The van der Waals surface area contributed by atoms with Gasteiger partial charge >= 0.3 is 0 Å². The predicted octanol–water partition coefficient (Wildman–Crippen LogP) is 6.34. The summed E-state index contributed by atoms with van der Waals surface area (Å²) in [4.78, 5) is 22.7. The third-order valence-electron chi connectivity index (χ3n) is 3.82. The first kappa shape index (κ1) is 30.4. The number of carbonyl (C=O) groups excluding carboxylic acids is 2. The zero-order valence-electron chi connectivity index (χ0n) is 18.0. The van der Waals surface area contributed by atoms with Gasteiger partial charge < -0.3 is 21.3 Å². The number of alkyl halides is 2. The molecular weight excluding hydrogens is 558 g/mol. The molecule has 2 amide bonds. The highest BCUT2D eigenvalue weighted by molar-refractivity contribution is 7.80. The summed E-state index contributed by atoms with van der Waals surface area (Å²) in [6.07, 6.45) is 1.96. The fourth-order valence-corrected chi connectivity index (χ4v) is 3.35. The van der Waals surface area contributed by atoms with Crippen LogP contribution in [0, 0.1) is 0 Å². The van der Waals surface area contributed by atoms with E-state index < -0.39 is 0 Å². The molecule has 12 heteroatoms. The molecule has 4 N–H and O–H groups in total. The lowest BCUT2D eigenvalue weighted by Gasteiger charge is -2.10. The van der Waals surface area contributed by atoms with Gasteiger partial charge in [-0.3, -0.25) is 9.59 Å². The van der Waals surface area contributed by atoms with Crippen molar-refractivity contribution in [3.05, 3.63) is 58.6 Å². The number of thiocarbonyl (C=S) groups is 2. The van der Waals surface area contributed by atoms with Crippen LogP contribution in [-0.2, 0) is 9.59 Å². The molecule has 0 aliphatic rings. The second-order valence-corrected chi connectivity index (χ2v) is 8.94. The fraction of sp³-hybridized carbons (Fsp3) is 0.273. The number of anilines is 2. The lowest BCUT2D eigenvalue weighted by molar-refractivity contribution is -0.120. The van der Waals surface area contributed by atoms with Gasteiger partial charge in [-0.1, -0.05) is 47.5 Å². The van der Waals surface area contributed by atoms with Gasteiger partial charge in [-0.25, -0.2) is 0 Å². The summed E-state index contributed by atoms with van der Waals surface area (Å²) in [6.45, 7) is 0. The first-order chi connectivity index (χ1) is 16.3. The third-order valence-corrected chi connectivity index (χ3v) is 5.43. The minimum absolute atomic E-state index is 0.157. The van der Waals surface area contributed by atoms with Crippen LogP contribution in [0.2, 0.25) is 10.0 Å². The highest BCUT2D eigenvalue weighted by Gasteiger charge is 2.07. The van der Waals surface area contributed by atoms with E-state index in [2.05, 4.69) is 21.3 Å². The average Bonchev–Trinajstić information content (AvgIpc) is 2.79. The predicted molar refractivity (Wildman–Crippen MR) is 152 cm³/mol. The number of halogens is 4. The maximum absolute atomic E-state index is 11.4. The zero-order valence-corrected chi connectivity index (χ0v) is 22.7. The molecule has 2 aromatic rings. The molecule has 0 aliphatic heterocycles. The van der Waals surface area contributed by atoms with E-state index in [4.69, 9.17) is 70.8 Å². The maximum atomic E-state index is 11.4. The summed E-state index contributed by atoms with van der Waals surface area (Å²) >= 11 is 32.8. The van der Waals surface area contributed by atoms with Crippen LogP contribution in [-0.4, -0.2) is 33.8 Å². The molecule has 0 radical (unpaired) electrons. The van der Waals surface area contributed by atoms with Crippen LogP contribution < -0.4 is 21.3 Å². The van der Waals surface area contributed by atoms with Crippen LogP contribution in [0.4, 0.5) is 11.4 Å². The molecule has 0 heterocycles. The van der Waals surface area contributed by atoms with Gasteiger partial charge in [0.1, 0.15) is 0 Å². The van der Waals surface area contributed by atoms with E-state index in [1.165, 1.54) is 0 Å². The van der Waals surface area contributed by atoms with Crippen LogP contribution >= 0.6 is 70.8 Å². The van der Waals surface area contributed by atoms with E-state index in [-0.39, 0.29) is 22.0 Å². The van der Waals surface area contributed by atoms with Crippen LogP contribution in [0.25, 0.3) is 0 Å². The van der Waals surface area contributed by atoms with Crippen molar-refractivity contribution in [2.24, 2.45) is 0 Å². The molecular formula is C22H24Cl4N4O2S2. The Hall–Kier alpha value is -1.68. The highest BCUT2D eigenvalue weighted by Crippen LogP contribution is 2.20. The number of rotatable bonds is 8. The SMILES string of the molecule is O=C(CCCCl)NC(=S)Nc1ccccc1Cl.O=C(CCCCl)NC(=S)Nc1ccccc1Cl. The van der Waals surface area contributed by atoms with Crippen LogP contribution in [0.1, 0.15) is 25.7 Å². The Morgan fingerprint density at radius 2 is 1.03 bits per heavy atom. The largest absolute Gasteiger partial charge is 0.331 e. The van der Waals surface area contributed by atoms with E-state index in [0.717, 1.165) is 0 Å². The molecule has 0 fully saturated rings. The average molecular weight is 582 g/mol. The summed E-state index contributed by atoms with van der Waals surface area (Å²) in [5, 5.41) is 12.4. The number of benzene rings is 2. The minimum atomic E-state index is -0.157. The number of amides is 2. The standard InChI is InChI=1S/2C11H12Cl2N2OS/c2*12-7-3-6-10(16)15-11(17)14-9-5-2-1-4-8(9)13/h2*1-2,4-5H,3,6-7H2,(H2,14,15,16,17). The first-order valence-corrected chi connectivity index (χ1v) is 12.7. The van der Waals surface area contributed by atoms with Gasteiger partial charge in [0.25, 0.3) is 0 Å². The normalized spacial score (nSPS) is 9.76.